The van der Waals surface area contributed by atoms with Crippen molar-refractivity contribution in [1.29, 1.82) is 0 Å². The topological polar surface area (TPSA) is 55.4 Å². The van der Waals surface area contributed by atoms with Crippen molar-refractivity contribution in [2.24, 2.45) is 0 Å². The van der Waals surface area contributed by atoms with E-state index in [9.17, 15) is 9.59 Å². The summed E-state index contributed by atoms with van der Waals surface area (Å²) in [6, 6.07) is 9.38. The quantitative estimate of drug-likeness (QED) is 0.639. The van der Waals surface area contributed by atoms with Crippen molar-refractivity contribution in [3.63, 3.8) is 0 Å². The van der Waals surface area contributed by atoms with Crippen LogP contribution in [0.1, 0.15) is 17.3 Å². The van der Waals surface area contributed by atoms with Gasteiger partial charge >= 0.3 is 5.97 Å². The second-order valence-corrected chi connectivity index (χ2v) is 6.21. The van der Waals surface area contributed by atoms with Gasteiger partial charge in [0.1, 0.15) is 10.6 Å². The van der Waals surface area contributed by atoms with E-state index in [1.807, 2.05) is 30.3 Å². The van der Waals surface area contributed by atoms with E-state index in [1.54, 1.807) is 12.3 Å². The molecule has 0 fully saturated rings. The van der Waals surface area contributed by atoms with Crippen molar-refractivity contribution in [2.45, 2.75) is 11.8 Å². The van der Waals surface area contributed by atoms with Crippen LogP contribution < -0.4 is 5.32 Å². The molecule has 0 spiro atoms. The average Bonchev–Trinajstić information content (AvgIpc) is 2.92. The lowest BCUT2D eigenvalue weighted by molar-refractivity contribution is -0.114. The molecule has 0 saturated carbocycles. The summed E-state index contributed by atoms with van der Waals surface area (Å²) in [5.41, 5.74) is 1.86. The Morgan fingerprint density at radius 3 is 2.55 bits per heavy atom. The smallest absolute Gasteiger partial charge is 0.341 e. The van der Waals surface area contributed by atoms with E-state index < -0.39 is 16.7 Å². The molecule has 1 aromatic carbocycles. The highest BCUT2D eigenvalue weighted by Gasteiger charge is 2.24. The maximum atomic E-state index is 12.2. The molecular formula is C15H13Cl2NO3S. The maximum absolute atomic E-state index is 12.2. The van der Waals surface area contributed by atoms with Gasteiger partial charge in [-0.2, -0.15) is 0 Å². The SMILES string of the molecule is CCOC(=O)c1c(-c2ccccc2)csc1NC(=O)C(Cl)Cl. The number of nitrogens with one attached hydrogen (secondary N) is 1. The number of halogens is 2. The standard InChI is InChI=1S/C15H13Cl2NO3S/c1-2-21-15(20)11-10(9-6-4-3-5-7-9)8-22-14(11)18-13(19)12(16)17/h3-8,12H,2H2,1H3,(H,18,19). The van der Waals surface area contributed by atoms with Crippen LogP contribution in [0.2, 0.25) is 0 Å². The van der Waals surface area contributed by atoms with Crippen molar-refractivity contribution in [3.05, 3.63) is 41.3 Å². The zero-order chi connectivity index (χ0) is 16.1. The van der Waals surface area contributed by atoms with Crippen LogP contribution in [0, 0.1) is 0 Å². The fraction of sp³-hybridized carbons (Fsp3) is 0.200. The summed E-state index contributed by atoms with van der Waals surface area (Å²) in [7, 11) is 0. The van der Waals surface area contributed by atoms with Crippen LogP contribution >= 0.6 is 34.5 Å². The van der Waals surface area contributed by atoms with Crippen molar-refractivity contribution < 1.29 is 14.3 Å². The number of benzene rings is 1. The van der Waals surface area contributed by atoms with Crippen LogP contribution in [0.3, 0.4) is 0 Å². The number of thiophene rings is 1. The third-order valence-corrected chi connectivity index (χ3v) is 4.08. The number of hydrogen-bond acceptors (Lipinski definition) is 4. The molecule has 0 radical (unpaired) electrons. The Labute approximate surface area is 142 Å². The molecule has 116 valence electrons. The van der Waals surface area contributed by atoms with E-state index in [0.29, 0.717) is 16.1 Å². The van der Waals surface area contributed by atoms with E-state index in [4.69, 9.17) is 27.9 Å². The van der Waals surface area contributed by atoms with Gasteiger partial charge in [-0.15, -0.1) is 11.3 Å². The van der Waals surface area contributed by atoms with Crippen LogP contribution in [0.25, 0.3) is 11.1 Å². The Balaban J connectivity index is 2.45. The maximum Gasteiger partial charge on any atom is 0.341 e. The summed E-state index contributed by atoms with van der Waals surface area (Å²) in [5, 5.41) is 4.71. The predicted octanol–water partition coefficient (Wildman–Crippen LogP) is 4.33. The number of anilines is 1. The van der Waals surface area contributed by atoms with Gasteiger partial charge < -0.3 is 10.1 Å². The van der Waals surface area contributed by atoms with E-state index in [2.05, 4.69) is 5.32 Å². The summed E-state index contributed by atoms with van der Waals surface area (Å²) < 4.78 is 5.08. The molecule has 0 saturated heterocycles. The number of ether oxygens (including phenoxy) is 1. The van der Waals surface area contributed by atoms with Gasteiger partial charge in [-0.05, 0) is 12.5 Å². The summed E-state index contributed by atoms with van der Waals surface area (Å²) in [4.78, 5) is 22.7. The number of hydrogen-bond donors (Lipinski definition) is 1. The molecule has 1 amide bonds. The molecule has 22 heavy (non-hydrogen) atoms. The lowest BCUT2D eigenvalue weighted by Gasteiger charge is -2.09. The van der Waals surface area contributed by atoms with E-state index in [-0.39, 0.29) is 6.61 Å². The second-order valence-electron chi connectivity index (χ2n) is 4.23. The van der Waals surface area contributed by atoms with Crippen LogP contribution in [0.4, 0.5) is 5.00 Å². The van der Waals surface area contributed by atoms with Gasteiger partial charge in [-0.25, -0.2) is 4.79 Å². The third-order valence-electron chi connectivity index (χ3n) is 2.79. The number of rotatable bonds is 5. The second kappa shape index (κ2) is 7.63. The first-order chi connectivity index (χ1) is 10.5. The number of alkyl halides is 2. The summed E-state index contributed by atoms with van der Waals surface area (Å²) in [5.74, 6) is -1.09. The van der Waals surface area contributed by atoms with Gasteiger partial charge in [-0.1, -0.05) is 53.5 Å². The number of amides is 1. The molecule has 7 heteroatoms. The Bertz CT molecular complexity index is 671. The van der Waals surface area contributed by atoms with Crippen LogP contribution in [0.15, 0.2) is 35.7 Å². The minimum absolute atomic E-state index is 0.240. The third kappa shape index (κ3) is 3.80. The van der Waals surface area contributed by atoms with Gasteiger partial charge in [0, 0.05) is 10.9 Å². The Hall–Kier alpha value is -1.56. The molecule has 1 heterocycles. The molecule has 0 bridgehead atoms. The van der Waals surface area contributed by atoms with Gasteiger partial charge in [-0.3, -0.25) is 4.79 Å². The van der Waals surface area contributed by atoms with E-state index >= 15 is 0 Å². The number of carbonyl (C=O) groups excluding carboxylic acids is 2. The first-order valence-corrected chi connectivity index (χ1v) is 8.22. The van der Waals surface area contributed by atoms with Crippen molar-refractivity contribution in [3.8, 4) is 11.1 Å². The Morgan fingerprint density at radius 1 is 1.27 bits per heavy atom. The predicted molar refractivity (Wildman–Crippen MR) is 89.8 cm³/mol. The van der Waals surface area contributed by atoms with Crippen molar-refractivity contribution in [1.82, 2.24) is 0 Å². The molecule has 0 atom stereocenters. The molecule has 0 unspecified atom stereocenters. The molecule has 0 aliphatic carbocycles. The first kappa shape index (κ1) is 16.8. The molecule has 1 N–H and O–H groups in total. The summed E-state index contributed by atoms with van der Waals surface area (Å²) in [6.45, 7) is 1.96. The van der Waals surface area contributed by atoms with E-state index in [1.165, 1.54) is 11.3 Å². The fourth-order valence-corrected chi connectivity index (χ4v) is 2.92. The zero-order valence-corrected chi connectivity index (χ0v) is 14.0. The Kier molecular flexibility index (Phi) is 5.83. The molecule has 1 aromatic heterocycles. The van der Waals surface area contributed by atoms with Gasteiger partial charge in [0.15, 0.2) is 4.84 Å². The normalized spacial score (nSPS) is 10.5. The fourth-order valence-electron chi connectivity index (χ4n) is 1.85. The highest BCUT2D eigenvalue weighted by atomic mass is 35.5. The number of carbonyl (C=O) groups is 2. The van der Waals surface area contributed by atoms with Gasteiger partial charge in [0.05, 0.1) is 6.61 Å². The van der Waals surface area contributed by atoms with E-state index in [0.717, 1.165) is 5.56 Å². The zero-order valence-electron chi connectivity index (χ0n) is 11.6. The van der Waals surface area contributed by atoms with Crippen molar-refractivity contribution >= 4 is 51.4 Å². The first-order valence-electron chi connectivity index (χ1n) is 6.47. The van der Waals surface area contributed by atoms with Crippen LogP contribution in [-0.4, -0.2) is 23.3 Å². The Morgan fingerprint density at radius 2 is 1.95 bits per heavy atom. The minimum atomic E-state index is -1.21. The summed E-state index contributed by atoms with van der Waals surface area (Å²) in [6.07, 6.45) is 0. The average molecular weight is 358 g/mol. The van der Waals surface area contributed by atoms with Crippen LogP contribution in [0.5, 0.6) is 0 Å². The molecular weight excluding hydrogens is 345 g/mol. The molecule has 0 aliphatic heterocycles. The molecule has 2 rings (SSSR count). The highest BCUT2D eigenvalue weighted by Crippen LogP contribution is 2.36. The van der Waals surface area contributed by atoms with Crippen LogP contribution in [-0.2, 0) is 9.53 Å². The van der Waals surface area contributed by atoms with Gasteiger partial charge in [0.2, 0.25) is 0 Å². The van der Waals surface area contributed by atoms with Gasteiger partial charge in [0.25, 0.3) is 5.91 Å². The minimum Gasteiger partial charge on any atom is -0.462 e. The largest absolute Gasteiger partial charge is 0.462 e. The summed E-state index contributed by atoms with van der Waals surface area (Å²) >= 11 is 12.3. The highest BCUT2D eigenvalue weighted by molar-refractivity contribution is 7.15. The molecule has 2 aromatic rings. The molecule has 4 nitrogen and oxygen atoms in total. The molecule has 0 aliphatic rings. The monoisotopic (exact) mass is 357 g/mol. The lowest BCUT2D eigenvalue weighted by Crippen LogP contribution is -2.19. The lowest BCUT2D eigenvalue weighted by atomic mass is 10.0. The number of esters is 1. The van der Waals surface area contributed by atoms with Crippen molar-refractivity contribution in [2.75, 3.05) is 11.9 Å².